The van der Waals surface area contributed by atoms with Gasteiger partial charge in [-0.2, -0.15) is 0 Å². The number of nitrogen functional groups attached to an aromatic ring is 1. The third-order valence-corrected chi connectivity index (χ3v) is 2.41. The lowest BCUT2D eigenvalue weighted by Gasteiger charge is -2.06. The maximum Gasteiger partial charge on any atom is 0.126 e. The lowest BCUT2D eigenvalue weighted by Crippen LogP contribution is -2.01. The molecular formula is C10H15BrN2. The van der Waals surface area contributed by atoms with Crippen LogP contribution in [0.1, 0.15) is 24.5 Å². The molecular weight excluding hydrogens is 228 g/mol. The van der Waals surface area contributed by atoms with Crippen molar-refractivity contribution in [3.05, 3.63) is 23.4 Å². The van der Waals surface area contributed by atoms with Crippen LogP contribution in [-0.4, -0.2) is 9.81 Å². The van der Waals surface area contributed by atoms with Gasteiger partial charge < -0.3 is 5.73 Å². The highest BCUT2D eigenvalue weighted by molar-refractivity contribution is 9.09. The molecule has 1 aromatic heterocycles. The van der Waals surface area contributed by atoms with Crippen LogP contribution in [0.5, 0.6) is 0 Å². The highest BCUT2D eigenvalue weighted by Gasteiger charge is 2.02. The summed E-state index contributed by atoms with van der Waals surface area (Å²) in [5.74, 6) is 0.666. The van der Waals surface area contributed by atoms with Crippen LogP contribution in [-0.2, 0) is 6.42 Å². The average Bonchev–Trinajstić information content (AvgIpc) is 2.06. The molecule has 72 valence electrons. The normalized spacial score (nSPS) is 12.8. The Balaban J connectivity index is 2.70. The molecule has 2 N–H and O–H groups in total. The van der Waals surface area contributed by atoms with Crippen LogP contribution in [0.15, 0.2) is 12.3 Å². The fourth-order valence-corrected chi connectivity index (χ4v) is 1.42. The van der Waals surface area contributed by atoms with E-state index >= 15 is 0 Å². The van der Waals surface area contributed by atoms with Crippen molar-refractivity contribution in [1.29, 1.82) is 0 Å². The maximum absolute atomic E-state index is 5.75. The molecule has 0 bridgehead atoms. The Morgan fingerprint density at radius 1 is 1.62 bits per heavy atom. The van der Waals surface area contributed by atoms with Gasteiger partial charge in [-0.05, 0) is 30.9 Å². The van der Waals surface area contributed by atoms with E-state index in [9.17, 15) is 0 Å². The minimum absolute atomic E-state index is 0.535. The number of aromatic nitrogens is 1. The van der Waals surface area contributed by atoms with Crippen LogP contribution >= 0.6 is 15.9 Å². The summed E-state index contributed by atoms with van der Waals surface area (Å²) in [6.45, 7) is 4.17. The van der Waals surface area contributed by atoms with Crippen LogP contribution < -0.4 is 5.73 Å². The first-order chi connectivity index (χ1) is 6.09. The van der Waals surface area contributed by atoms with Crippen molar-refractivity contribution in [2.45, 2.75) is 31.5 Å². The molecule has 0 aliphatic heterocycles. The van der Waals surface area contributed by atoms with E-state index in [2.05, 4.69) is 33.9 Å². The van der Waals surface area contributed by atoms with Crippen molar-refractivity contribution >= 4 is 21.7 Å². The monoisotopic (exact) mass is 242 g/mol. The fourth-order valence-electron chi connectivity index (χ4n) is 1.19. The van der Waals surface area contributed by atoms with E-state index in [1.807, 2.05) is 6.92 Å². The number of aryl methyl sites for hydroxylation is 2. The van der Waals surface area contributed by atoms with Gasteiger partial charge in [0.2, 0.25) is 0 Å². The van der Waals surface area contributed by atoms with Crippen molar-refractivity contribution in [3.63, 3.8) is 0 Å². The number of halogens is 1. The lowest BCUT2D eigenvalue weighted by atomic mass is 10.1. The molecule has 1 unspecified atom stereocenters. The molecule has 0 fully saturated rings. The third-order valence-electron chi connectivity index (χ3n) is 1.95. The van der Waals surface area contributed by atoms with E-state index in [-0.39, 0.29) is 0 Å². The molecule has 3 heteroatoms. The van der Waals surface area contributed by atoms with Crippen molar-refractivity contribution in [2.24, 2.45) is 0 Å². The number of hydrogen-bond acceptors (Lipinski definition) is 2. The Labute approximate surface area is 87.7 Å². The topological polar surface area (TPSA) is 38.9 Å². The minimum Gasteiger partial charge on any atom is -0.383 e. The summed E-state index contributed by atoms with van der Waals surface area (Å²) < 4.78 is 0. The van der Waals surface area contributed by atoms with Gasteiger partial charge in [-0.15, -0.1) is 0 Å². The van der Waals surface area contributed by atoms with Crippen LogP contribution in [0.2, 0.25) is 0 Å². The third kappa shape index (κ3) is 3.35. The molecule has 1 rings (SSSR count). The Morgan fingerprint density at radius 2 is 2.31 bits per heavy atom. The minimum atomic E-state index is 0.535. The quantitative estimate of drug-likeness (QED) is 0.829. The highest BCUT2D eigenvalue weighted by Crippen LogP contribution is 2.15. The summed E-state index contributed by atoms with van der Waals surface area (Å²) in [7, 11) is 0. The first kappa shape index (κ1) is 10.5. The smallest absolute Gasteiger partial charge is 0.126 e. The van der Waals surface area contributed by atoms with E-state index in [1.165, 1.54) is 5.56 Å². The zero-order valence-corrected chi connectivity index (χ0v) is 9.63. The summed E-state index contributed by atoms with van der Waals surface area (Å²) >= 11 is 3.51. The summed E-state index contributed by atoms with van der Waals surface area (Å²) in [5.41, 5.74) is 8.08. The molecule has 0 aliphatic carbocycles. The van der Waals surface area contributed by atoms with Crippen LogP contribution in [0.4, 0.5) is 5.82 Å². The fraction of sp³-hybridized carbons (Fsp3) is 0.500. The molecule has 0 saturated carbocycles. The number of alkyl halides is 1. The largest absolute Gasteiger partial charge is 0.383 e. The van der Waals surface area contributed by atoms with Gasteiger partial charge in [0.15, 0.2) is 0 Å². The van der Waals surface area contributed by atoms with E-state index in [0.717, 1.165) is 18.4 Å². The van der Waals surface area contributed by atoms with Crippen molar-refractivity contribution in [3.8, 4) is 0 Å². The molecule has 0 spiro atoms. The molecule has 0 amide bonds. The Kier molecular flexibility index (Phi) is 3.72. The molecule has 1 heterocycles. The number of nitrogens with zero attached hydrogens (tertiary/aromatic N) is 1. The summed E-state index contributed by atoms with van der Waals surface area (Å²) in [4.78, 5) is 4.65. The average molecular weight is 243 g/mol. The molecule has 0 aromatic carbocycles. The summed E-state index contributed by atoms with van der Waals surface area (Å²) in [5, 5.41) is 0. The zero-order chi connectivity index (χ0) is 9.84. The van der Waals surface area contributed by atoms with E-state index in [0.29, 0.717) is 10.6 Å². The highest BCUT2D eigenvalue weighted by atomic mass is 79.9. The molecule has 2 nitrogen and oxygen atoms in total. The second-order valence-corrected chi connectivity index (χ2v) is 4.94. The molecule has 1 aromatic rings. The molecule has 13 heavy (non-hydrogen) atoms. The van der Waals surface area contributed by atoms with Crippen LogP contribution in [0, 0.1) is 6.92 Å². The standard InChI is InChI=1S/C10H15BrN2/c1-7-5-9(4-3-8(2)11)10(12)13-6-7/h5-6,8H,3-4H2,1-2H3,(H2,12,13). The lowest BCUT2D eigenvalue weighted by molar-refractivity contribution is 0.819. The van der Waals surface area contributed by atoms with Crippen molar-refractivity contribution in [2.75, 3.05) is 5.73 Å². The Hall–Kier alpha value is -0.570. The number of anilines is 1. The number of nitrogens with two attached hydrogens (primary N) is 1. The van der Waals surface area contributed by atoms with Gasteiger partial charge in [0.05, 0.1) is 0 Å². The van der Waals surface area contributed by atoms with Gasteiger partial charge in [0.25, 0.3) is 0 Å². The van der Waals surface area contributed by atoms with Gasteiger partial charge in [-0.25, -0.2) is 4.98 Å². The number of pyridine rings is 1. The van der Waals surface area contributed by atoms with Crippen LogP contribution in [0.3, 0.4) is 0 Å². The van der Waals surface area contributed by atoms with E-state index < -0.39 is 0 Å². The Morgan fingerprint density at radius 3 is 2.92 bits per heavy atom. The predicted molar refractivity (Wildman–Crippen MR) is 60.1 cm³/mol. The number of hydrogen-bond donors (Lipinski definition) is 1. The van der Waals surface area contributed by atoms with Gasteiger partial charge in [0.1, 0.15) is 5.82 Å². The Bertz CT molecular complexity index is 284. The predicted octanol–water partition coefficient (Wildman–Crippen LogP) is 2.69. The van der Waals surface area contributed by atoms with Gasteiger partial charge in [0, 0.05) is 11.0 Å². The summed E-state index contributed by atoms with van der Waals surface area (Å²) in [6, 6.07) is 2.11. The first-order valence-corrected chi connectivity index (χ1v) is 5.36. The molecule has 0 saturated heterocycles. The van der Waals surface area contributed by atoms with Crippen molar-refractivity contribution in [1.82, 2.24) is 4.98 Å². The maximum atomic E-state index is 5.75. The summed E-state index contributed by atoms with van der Waals surface area (Å²) in [6.07, 6.45) is 3.89. The zero-order valence-electron chi connectivity index (χ0n) is 8.05. The van der Waals surface area contributed by atoms with E-state index in [4.69, 9.17) is 5.73 Å². The first-order valence-electron chi connectivity index (χ1n) is 4.44. The van der Waals surface area contributed by atoms with Gasteiger partial charge in [-0.3, -0.25) is 0 Å². The second-order valence-electron chi connectivity index (χ2n) is 3.38. The van der Waals surface area contributed by atoms with Crippen LogP contribution in [0.25, 0.3) is 0 Å². The van der Waals surface area contributed by atoms with E-state index in [1.54, 1.807) is 6.20 Å². The number of rotatable bonds is 3. The van der Waals surface area contributed by atoms with Gasteiger partial charge in [-0.1, -0.05) is 28.9 Å². The molecule has 0 radical (unpaired) electrons. The van der Waals surface area contributed by atoms with Crippen molar-refractivity contribution < 1.29 is 0 Å². The SMILES string of the molecule is Cc1cnc(N)c(CCC(C)Br)c1. The molecule has 1 atom stereocenters. The second kappa shape index (κ2) is 4.61. The van der Waals surface area contributed by atoms with Gasteiger partial charge >= 0.3 is 0 Å². The molecule has 0 aliphatic rings.